The van der Waals surface area contributed by atoms with Crippen LogP contribution in [-0.2, 0) is 21.8 Å². The maximum atomic E-state index is 13.7. The summed E-state index contributed by atoms with van der Waals surface area (Å²) >= 11 is 14.9. The number of hydrogen-bond acceptors (Lipinski definition) is 9. The van der Waals surface area contributed by atoms with Gasteiger partial charge in [0.1, 0.15) is 23.4 Å². The highest BCUT2D eigenvalue weighted by Gasteiger charge is 2.48. The van der Waals surface area contributed by atoms with Gasteiger partial charge in [0.15, 0.2) is 4.34 Å². The second kappa shape index (κ2) is 12.8. The van der Waals surface area contributed by atoms with Crippen LogP contribution in [0, 0.1) is 0 Å². The van der Waals surface area contributed by atoms with E-state index in [1.54, 1.807) is 48.5 Å². The lowest BCUT2D eigenvalue weighted by molar-refractivity contribution is -0.132. The minimum absolute atomic E-state index is 0.0130. The van der Waals surface area contributed by atoms with Crippen molar-refractivity contribution in [3.8, 4) is 11.5 Å². The predicted octanol–water partition coefficient (Wildman–Crippen LogP) is 7.88. The summed E-state index contributed by atoms with van der Waals surface area (Å²) < 4.78 is 12.2. The van der Waals surface area contributed by atoms with Gasteiger partial charge in [0.25, 0.3) is 5.78 Å². The zero-order chi connectivity index (χ0) is 31.0. The van der Waals surface area contributed by atoms with Crippen molar-refractivity contribution in [1.82, 2.24) is 10.2 Å². The third kappa shape index (κ3) is 6.04. The molecule has 6 rings (SSSR count). The SMILES string of the molecule is CCCOc1cccc([C@H]2C(=C(O)c3ccc4c(c3)C[C@@H](C)O4)C(=O)C(=O)N2c2nnc(SCc3ccc(Cl)cc3Cl)s2)c1. The maximum Gasteiger partial charge on any atom is 0.301 e. The van der Waals surface area contributed by atoms with E-state index in [1.807, 2.05) is 26.0 Å². The van der Waals surface area contributed by atoms with Crippen molar-refractivity contribution in [3.63, 3.8) is 0 Å². The van der Waals surface area contributed by atoms with Crippen LogP contribution in [0.5, 0.6) is 11.5 Å². The summed E-state index contributed by atoms with van der Waals surface area (Å²) in [7, 11) is 0. The molecule has 4 aromatic rings. The zero-order valence-electron chi connectivity index (χ0n) is 23.8. The van der Waals surface area contributed by atoms with Crippen LogP contribution in [0.25, 0.3) is 5.76 Å². The molecule has 0 radical (unpaired) electrons. The van der Waals surface area contributed by atoms with Crippen LogP contribution in [0.1, 0.15) is 48.6 Å². The van der Waals surface area contributed by atoms with Crippen molar-refractivity contribution in [2.75, 3.05) is 11.5 Å². The number of aromatic nitrogens is 2. The molecule has 2 aliphatic rings. The van der Waals surface area contributed by atoms with Gasteiger partial charge in [-0.05, 0) is 72.5 Å². The molecule has 1 amide bonds. The molecule has 0 aliphatic carbocycles. The highest BCUT2D eigenvalue weighted by molar-refractivity contribution is 8.00. The second-order valence-electron chi connectivity index (χ2n) is 10.4. The van der Waals surface area contributed by atoms with Gasteiger partial charge in [-0.25, -0.2) is 0 Å². The number of anilines is 1. The van der Waals surface area contributed by atoms with Crippen molar-refractivity contribution < 1.29 is 24.2 Å². The van der Waals surface area contributed by atoms with E-state index in [0.29, 0.717) is 50.0 Å². The highest BCUT2D eigenvalue weighted by Crippen LogP contribution is 2.45. The molecule has 8 nitrogen and oxygen atoms in total. The van der Waals surface area contributed by atoms with Crippen molar-refractivity contribution >= 4 is 68.9 Å². The Morgan fingerprint density at radius 1 is 1.14 bits per heavy atom. The molecule has 1 fully saturated rings. The highest BCUT2D eigenvalue weighted by atomic mass is 35.5. The number of halogens is 2. The fourth-order valence-corrected chi connectivity index (χ4v) is 7.63. The summed E-state index contributed by atoms with van der Waals surface area (Å²) in [6, 6.07) is 16.8. The maximum absolute atomic E-state index is 13.7. The van der Waals surface area contributed by atoms with Gasteiger partial charge >= 0.3 is 5.91 Å². The Balaban J connectivity index is 1.39. The molecule has 2 aliphatic heterocycles. The average molecular weight is 669 g/mol. The molecule has 0 bridgehead atoms. The Kier molecular flexibility index (Phi) is 8.87. The molecule has 3 aromatic carbocycles. The molecule has 44 heavy (non-hydrogen) atoms. The number of carbonyl (C=O) groups excluding carboxylic acids is 2. The summed E-state index contributed by atoms with van der Waals surface area (Å²) in [5.74, 6) is -0.0466. The molecule has 2 atom stereocenters. The molecular weight excluding hydrogens is 641 g/mol. The molecule has 0 saturated carbocycles. The molecule has 0 unspecified atom stereocenters. The van der Waals surface area contributed by atoms with Crippen LogP contribution in [-0.4, -0.2) is 39.7 Å². The number of fused-ring (bicyclic) bond motifs is 1. The number of thioether (sulfide) groups is 1. The second-order valence-corrected chi connectivity index (χ2v) is 13.4. The number of hydrogen-bond donors (Lipinski definition) is 1. The first-order valence-corrected chi connectivity index (χ1v) is 16.5. The topological polar surface area (TPSA) is 102 Å². The smallest absolute Gasteiger partial charge is 0.301 e. The van der Waals surface area contributed by atoms with Gasteiger partial charge in [-0.3, -0.25) is 14.5 Å². The van der Waals surface area contributed by atoms with E-state index >= 15 is 0 Å². The lowest BCUT2D eigenvalue weighted by Crippen LogP contribution is -2.29. The van der Waals surface area contributed by atoms with Gasteiger partial charge in [-0.1, -0.05) is 71.4 Å². The normalized spacial score (nSPS) is 18.9. The van der Waals surface area contributed by atoms with Gasteiger partial charge in [0.2, 0.25) is 5.13 Å². The fourth-order valence-electron chi connectivity index (χ4n) is 5.20. The number of rotatable bonds is 9. The molecule has 1 N–H and O–H groups in total. The van der Waals surface area contributed by atoms with Crippen molar-refractivity contribution in [2.24, 2.45) is 0 Å². The first-order chi connectivity index (χ1) is 21.2. The number of Topliss-reactive ketones (excluding diaryl/α,β-unsaturated/α-hetero) is 1. The molecule has 12 heteroatoms. The fraction of sp³-hybridized carbons (Fsp3) is 0.250. The van der Waals surface area contributed by atoms with E-state index in [4.69, 9.17) is 32.7 Å². The molecule has 1 saturated heterocycles. The predicted molar refractivity (Wildman–Crippen MR) is 173 cm³/mol. The Labute approximate surface area is 272 Å². The Bertz CT molecular complexity index is 1790. The van der Waals surface area contributed by atoms with Crippen molar-refractivity contribution in [2.45, 2.75) is 48.9 Å². The number of carbonyl (C=O) groups is 2. The monoisotopic (exact) mass is 667 g/mol. The number of benzene rings is 3. The number of aliphatic hydroxyl groups excluding tert-OH is 1. The van der Waals surface area contributed by atoms with Crippen LogP contribution in [0.15, 0.2) is 70.6 Å². The number of ether oxygens (including phenoxy) is 2. The summed E-state index contributed by atoms with van der Waals surface area (Å²) in [5.41, 5.74) is 2.78. The quantitative estimate of drug-likeness (QED) is 0.0632. The molecular formula is C32H27Cl2N3O5S2. The van der Waals surface area contributed by atoms with Gasteiger partial charge in [-0.15, -0.1) is 10.2 Å². The van der Waals surface area contributed by atoms with E-state index in [0.717, 1.165) is 23.3 Å². The van der Waals surface area contributed by atoms with Gasteiger partial charge < -0.3 is 14.6 Å². The third-order valence-corrected chi connectivity index (χ3v) is 9.92. The van der Waals surface area contributed by atoms with Crippen LogP contribution < -0.4 is 14.4 Å². The Morgan fingerprint density at radius 2 is 1.98 bits per heavy atom. The first-order valence-electron chi connectivity index (χ1n) is 14.0. The molecule has 0 spiro atoms. The van der Waals surface area contributed by atoms with Crippen LogP contribution in [0.4, 0.5) is 5.13 Å². The summed E-state index contributed by atoms with van der Waals surface area (Å²) in [5, 5.41) is 21.5. The van der Waals surface area contributed by atoms with E-state index in [9.17, 15) is 14.7 Å². The van der Waals surface area contributed by atoms with Gasteiger partial charge in [0.05, 0.1) is 18.2 Å². The lowest BCUT2D eigenvalue weighted by atomic mass is 9.94. The largest absolute Gasteiger partial charge is 0.507 e. The molecule has 1 aromatic heterocycles. The number of aliphatic hydroxyl groups is 1. The van der Waals surface area contributed by atoms with Crippen molar-refractivity contribution in [1.29, 1.82) is 0 Å². The number of nitrogens with zero attached hydrogens (tertiary/aromatic N) is 3. The van der Waals surface area contributed by atoms with E-state index in [-0.39, 0.29) is 22.6 Å². The van der Waals surface area contributed by atoms with Crippen molar-refractivity contribution in [3.05, 3.63) is 98.5 Å². The summed E-state index contributed by atoms with van der Waals surface area (Å²) in [4.78, 5) is 28.7. The molecule has 3 heterocycles. The van der Waals surface area contributed by atoms with Gasteiger partial charge in [-0.2, -0.15) is 0 Å². The lowest BCUT2D eigenvalue weighted by Gasteiger charge is -2.23. The van der Waals surface area contributed by atoms with Crippen LogP contribution in [0.2, 0.25) is 10.0 Å². The number of amides is 1. The average Bonchev–Trinajstić information content (AvgIpc) is 3.70. The molecule has 226 valence electrons. The van der Waals surface area contributed by atoms with Crippen LogP contribution >= 0.6 is 46.3 Å². The standard InChI is InChI=1S/C32H27Cl2N3O5S2/c1-3-11-41-23-6-4-5-18(14-23)27-26(28(38)19-8-10-25-21(13-19)12-17(2)42-25)29(39)30(40)37(27)31-35-36-32(44-31)43-16-20-7-9-22(33)15-24(20)34/h4-10,13-15,17,27,38H,3,11-12,16H2,1-2H3/t17-,27+/m1/s1. The zero-order valence-corrected chi connectivity index (χ0v) is 26.9. The Hall–Kier alpha value is -3.57. The van der Waals surface area contributed by atoms with Gasteiger partial charge in [0, 0.05) is 27.8 Å². The minimum atomic E-state index is -0.958. The first kappa shape index (κ1) is 30.5. The van der Waals surface area contributed by atoms with Crippen LogP contribution in [0.3, 0.4) is 0 Å². The number of ketones is 1. The van der Waals surface area contributed by atoms with E-state index < -0.39 is 17.7 Å². The summed E-state index contributed by atoms with van der Waals surface area (Å²) in [6.45, 7) is 4.48. The van der Waals surface area contributed by atoms with E-state index in [1.165, 1.54) is 28.0 Å². The third-order valence-electron chi connectivity index (χ3n) is 7.23. The minimum Gasteiger partial charge on any atom is -0.507 e. The Morgan fingerprint density at radius 3 is 2.77 bits per heavy atom. The summed E-state index contributed by atoms with van der Waals surface area (Å²) in [6.07, 6.45) is 1.51. The van der Waals surface area contributed by atoms with E-state index in [2.05, 4.69) is 10.2 Å².